The predicted molar refractivity (Wildman–Crippen MR) is 123 cm³/mol. The molecule has 0 unspecified atom stereocenters. The lowest BCUT2D eigenvalue weighted by molar-refractivity contribution is -0.384. The van der Waals surface area contributed by atoms with Crippen molar-refractivity contribution in [2.24, 2.45) is 5.14 Å². The Morgan fingerprint density at radius 2 is 1.50 bits per heavy atom. The molecule has 0 saturated heterocycles. The number of sulfonamides is 2. The van der Waals surface area contributed by atoms with Crippen LogP contribution in [0.2, 0.25) is 0 Å². The SMILES string of the molecule is NS(=O)(=O)c1ccc(CNc2ccc(S(=O)(=O)Nc3ccc(Br)cc3)cc2[N+](=O)[O-])cc1. The summed E-state index contributed by atoms with van der Waals surface area (Å²) in [6.45, 7) is 0.134. The number of nitro benzene ring substituents is 1. The molecule has 0 radical (unpaired) electrons. The zero-order valence-corrected chi connectivity index (χ0v) is 19.4. The molecule has 32 heavy (non-hydrogen) atoms. The lowest BCUT2D eigenvalue weighted by Crippen LogP contribution is -2.14. The average molecular weight is 541 g/mol. The molecule has 0 aliphatic heterocycles. The smallest absolute Gasteiger partial charge is 0.293 e. The van der Waals surface area contributed by atoms with Crippen LogP contribution in [0, 0.1) is 10.1 Å². The molecular formula is C19H17BrN4O6S2. The van der Waals surface area contributed by atoms with E-state index in [4.69, 9.17) is 5.14 Å². The van der Waals surface area contributed by atoms with Crippen molar-refractivity contribution in [3.05, 3.63) is 86.9 Å². The molecule has 3 aromatic carbocycles. The molecule has 13 heteroatoms. The molecule has 0 fully saturated rings. The van der Waals surface area contributed by atoms with E-state index in [1.807, 2.05) is 0 Å². The predicted octanol–water partition coefficient (Wildman–Crippen LogP) is 3.42. The van der Waals surface area contributed by atoms with Gasteiger partial charge < -0.3 is 5.32 Å². The average Bonchev–Trinajstić information content (AvgIpc) is 2.73. The fraction of sp³-hybridized carbons (Fsp3) is 0.0526. The normalized spacial score (nSPS) is 11.7. The maximum atomic E-state index is 12.6. The standard InChI is InChI=1S/C19H17BrN4O6S2/c20-14-3-5-15(6-4-14)23-32(29,30)17-9-10-18(19(11-17)24(25)26)22-12-13-1-7-16(8-2-13)31(21,27)28/h1-11,22-23H,12H2,(H2,21,27,28). The first-order valence-corrected chi connectivity index (χ1v) is 12.7. The Balaban J connectivity index is 1.81. The van der Waals surface area contributed by atoms with E-state index in [1.54, 1.807) is 24.3 Å². The molecule has 10 nitrogen and oxygen atoms in total. The molecule has 0 amide bonds. The molecule has 168 valence electrons. The van der Waals surface area contributed by atoms with Gasteiger partial charge >= 0.3 is 0 Å². The highest BCUT2D eigenvalue weighted by Gasteiger charge is 2.21. The highest BCUT2D eigenvalue weighted by molar-refractivity contribution is 9.10. The van der Waals surface area contributed by atoms with E-state index in [-0.39, 0.29) is 22.0 Å². The van der Waals surface area contributed by atoms with E-state index in [0.29, 0.717) is 11.3 Å². The van der Waals surface area contributed by atoms with Gasteiger partial charge in [0.1, 0.15) is 5.69 Å². The van der Waals surface area contributed by atoms with Crippen LogP contribution < -0.4 is 15.2 Å². The van der Waals surface area contributed by atoms with Gasteiger partial charge in [0, 0.05) is 22.8 Å². The van der Waals surface area contributed by atoms with Gasteiger partial charge in [0.25, 0.3) is 15.7 Å². The van der Waals surface area contributed by atoms with E-state index in [9.17, 15) is 26.9 Å². The zero-order chi connectivity index (χ0) is 23.5. The lowest BCUT2D eigenvalue weighted by Gasteiger charge is -2.11. The molecule has 0 heterocycles. The zero-order valence-electron chi connectivity index (χ0n) is 16.2. The molecule has 0 aliphatic rings. The van der Waals surface area contributed by atoms with E-state index >= 15 is 0 Å². The molecule has 0 atom stereocenters. The molecule has 3 rings (SSSR count). The second kappa shape index (κ2) is 9.24. The van der Waals surface area contributed by atoms with Gasteiger partial charge in [-0.15, -0.1) is 0 Å². The van der Waals surface area contributed by atoms with Crippen LogP contribution >= 0.6 is 15.9 Å². The summed E-state index contributed by atoms with van der Waals surface area (Å²) in [6, 6.07) is 15.6. The Hall–Kier alpha value is -3.00. The van der Waals surface area contributed by atoms with Crippen molar-refractivity contribution in [2.45, 2.75) is 16.3 Å². The Morgan fingerprint density at radius 1 is 0.906 bits per heavy atom. The van der Waals surface area contributed by atoms with Crippen molar-refractivity contribution in [1.29, 1.82) is 0 Å². The van der Waals surface area contributed by atoms with Crippen LogP contribution in [0.5, 0.6) is 0 Å². The third-order valence-electron chi connectivity index (χ3n) is 4.31. The minimum absolute atomic E-state index is 0.0555. The van der Waals surface area contributed by atoms with Crippen LogP contribution in [0.15, 0.2) is 81.0 Å². The van der Waals surface area contributed by atoms with Crippen LogP contribution in [0.4, 0.5) is 17.1 Å². The number of hydrogen-bond donors (Lipinski definition) is 3. The summed E-state index contributed by atoms with van der Waals surface area (Å²) in [5, 5.41) is 19.4. The molecule has 0 spiro atoms. The molecule has 4 N–H and O–H groups in total. The van der Waals surface area contributed by atoms with E-state index in [1.165, 1.54) is 36.4 Å². The first kappa shape index (κ1) is 23.7. The molecule has 0 aliphatic carbocycles. The summed E-state index contributed by atoms with van der Waals surface area (Å²) in [5.74, 6) is 0. The number of nitrogens with one attached hydrogen (secondary N) is 2. The number of benzene rings is 3. The Bertz CT molecular complexity index is 1360. The van der Waals surface area contributed by atoms with Crippen molar-refractivity contribution < 1.29 is 21.8 Å². The summed E-state index contributed by atoms with van der Waals surface area (Å²) < 4.78 is 51.1. The Morgan fingerprint density at radius 3 is 2.06 bits per heavy atom. The number of nitro groups is 1. The summed E-state index contributed by atoms with van der Waals surface area (Å²) in [7, 11) is -7.87. The van der Waals surface area contributed by atoms with Crippen LogP contribution in [-0.2, 0) is 26.6 Å². The molecule has 0 aromatic heterocycles. The van der Waals surface area contributed by atoms with Crippen molar-refractivity contribution in [2.75, 3.05) is 10.0 Å². The van der Waals surface area contributed by atoms with Gasteiger partial charge in [-0.2, -0.15) is 0 Å². The van der Waals surface area contributed by atoms with E-state index < -0.39 is 30.7 Å². The highest BCUT2D eigenvalue weighted by atomic mass is 79.9. The maximum absolute atomic E-state index is 12.6. The van der Waals surface area contributed by atoms with Crippen molar-refractivity contribution in [3.63, 3.8) is 0 Å². The number of halogens is 1. The second-order valence-corrected chi connectivity index (χ2v) is 10.8. The fourth-order valence-corrected chi connectivity index (χ4v) is 4.56. The number of primary sulfonamides is 1. The maximum Gasteiger partial charge on any atom is 0.293 e. The first-order valence-electron chi connectivity index (χ1n) is 8.88. The Labute approximate surface area is 192 Å². The van der Waals surface area contributed by atoms with Gasteiger partial charge in [-0.1, -0.05) is 28.1 Å². The van der Waals surface area contributed by atoms with Crippen LogP contribution in [-0.4, -0.2) is 21.8 Å². The number of hydrogen-bond acceptors (Lipinski definition) is 7. The van der Waals surface area contributed by atoms with E-state index in [0.717, 1.165) is 10.5 Å². The number of nitrogens with zero attached hydrogens (tertiary/aromatic N) is 1. The summed E-state index contributed by atoms with van der Waals surface area (Å²) >= 11 is 3.26. The quantitative estimate of drug-likeness (QED) is 0.291. The van der Waals surface area contributed by atoms with Gasteiger partial charge in [-0.3, -0.25) is 14.8 Å². The topological polar surface area (TPSA) is 162 Å². The van der Waals surface area contributed by atoms with Gasteiger partial charge in [0.15, 0.2) is 0 Å². The number of rotatable bonds is 8. The van der Waals surface area contributed by atoms with E-state index in [2.05, 4.69) is 26.0 Å². The third-order valence-corrected chi connectivity index (χ3v) is 7.14. The molecule has 0 saturated carbocycles. The third kappa shape index (κ3) is 5.82. The number of anilines is 2. The monoisotopic (exact) mass is 540 g/mol. The summed E-state index contributed by atoms with van der Waals surface area (Å²) in [5.41, 5.74) is 0.624. The van der Waals surface area contributed by atoms with Crippen molar-refractivity contribution in [3.8, 4) is 0 Å². The number of nitrogens with two attached hydrogens (primary N) is 1. The summed E-state index contributed by atoms with van der Waals surface area (Å²) in [6.07, 6.45) is 0. The summed E-state index contributed by atoms with van der Waals surface area (Å²) in [4.78, 5) is 10.5. The molecule has 3 aromatic rings. The van der Waals surface area contributed by atoms with Crippen molar-refractivity contribution in [1.82, 2.24) is 0 Å². The van der Waals surface area contributed by atoms with Gasteiger partial charge in [0.05, 0.1) is 14.7 Å². The molecule has 0 bridgehead atoms. The van der Waals surface area contributed by atoms with Crippen LogP contribution in [0.25, 0.3) is 0 Å². The van der Waals surface area contributed by atoms with Gasteiger partial charge in [0.2, 0.25) is 10.0 Å². The fourth-order valence-electron chi connectivity index (χ4n) is 2.71. The first-order chi connectivity index (χ1) is 15.0. The second-order valence-electron chi connectivity index (χ2n) is 6.59. The van der Waals surface area contributed by atoms with Gasteiger partial charge in [-0.25, -0.2) is 22.0 Å². The lowest BCUT2D eigenvalue weighted by atomic mass is 10.2. The highest BCUT2D eigenvalue weighted by Crippen LogP contribution is 2.29. The minimum atomic E-state index is -4.05. The van der Waals surface area contributed by atoms with Crippen LogP contribution in [0.1, 0.15) is 5.56 Å². The van der Waals surface area contributed by atoms with Crippen molar-refractivity contribution >= 4 is 53.0 Å². The largest absolute Gasteiger partial charge is 0.375 e. The Kier molecular flexibility index (Phi) is 6.83. The van der Waals surface area contributed by atoms with Crippen LogP contribution in [0.3, 0.4) is 0 Å². The van der Waals surface area contributed by atoms with Gasteiger partial charge in [-0.05, 0) is 54.1 Å². The molecular weight excluding hydrogens is 524 g/mol. The minimum Gasteiger partial charge on any atom is -0.375 e.